The number of amides is 3. The lowest BCUT2D eigenvalue weighted by Crippen LogP contribution is -2.40. The third-order valence-corrected chi connectivity index (χ3v) is 3.24. The molecule has 0 radical (unpaired) electrons. The topological polar surface area (TPSA) is 141 Å². The summed E-state index contributed by atoms with van der Waals surface area (Å²) in [7, 11) is 0. The Labute approximate surface area is 148 Å². The van der Waals surface area contributed by atoms with Gasteiger partial charge in [0.25, 0.3) is 11.8 Å². The van der Waals surface area contributed by atoms with Gasteiger partial charge in [0, 0.05) is 11.3 Å². The van der Waals surface area contributed by atoms with Gasteiger partial charge in [-0.15, -0.1) is 0 Å². The fraction of sp³-hybridized carbons (Fsp3) is 0.176. The number of benzene rings is 1. The van der Waals surface area contributed by atoms with Gasteiger partial charge in [0.2, 0.25) is 5.91 Å². The first-order chi connectivity index (χ1) is 12.4. The number of furan rings is 1. The van der Waals surface area contributed by atoms with E-state index in [0.29, 0.717) is 11.3 Å². The number of anilines is 1. The molecule has 0 aliphatic rings. The summed E-state index contributed by atoms with van der Waals surface area (Å²) in [4.78, 5) is 46.3. The molecule has 0 saturated heterocycles. The Hall–Kier alpha value is -3.62. The van der Waals surface area contributed by atoms with E-state index >= 15 is 0 Å². The van der Waals surface area contributed by atoms with Crippen LogP contribution in [0, 0.1) is 0 Å². The Morgan fingerprint density at radius 3 is 2.42 bits per heavy atom. The smallest absolute Gasteiger partial charge is 0.328 e. The summed E-state index contributed by atoms with van der Waals surface area (Å²) in [6, 6.07) is 7.92. The summed E-state index contributed by atoms with van der Waals surface area (Å²) < 4.78 is 9.75. The van der Waals surface area contributed by atoms with Crippen molar-refractivity contribution in [3.05, 3.63) is 54.0 Å². The van der Waals surface area contributed by atoms with E-state index in [1.54, 1.807) is 0 Å². The Morgan fingerprint density at radius 1 is 1.15 bits per heavy atom. The van der Waals surface area contributed by atoms with Gasteiger partial charge in [-0.2, -0.15) is 0 Å². The number of nitrogens with one attached hydrogen (secondary N) is 2. The second-order valence-corrected chi connectivity index (χ2v) is 5.27. The molecule has 4 N–H and O–H groups in total. The van der Waals surface area contributed by atoms with Gasteiger partial charge in [-0.25, -0.2) is 4.79 Å². The van der Waals surface area contributed by atoms with E-state index in [0.717, 1.165) is 0 Å². The number of ether oxygens (including phenoxy) is 1. The second-order valence-electron chi connectivity index (χ2n) is 5.27. The number of esters is 1. The first-order valence-electron chi connectivity index (χ1n) is 7.57. The van der Waals surface area contributed by atoms with Crippen LogP contribution in [-0.4, -0.2) is 36.3 Å². The minimum absolute atomic E-state index is 0.0572. The highest BCUT2D eigenvalue weighted by Gasteiger charge is 2.20. The monoisotopic (exact) mass is 359 g/mol. The van der Waals surface area contributed by atoms with Crippen molar-refractivity contribution < 1.29 is 28.3 Å². The van der Waals surface area contributed by atoms with Crippen molar-refractivity contribution in [2.24, 2.45) is 5.73 Å². The van der Waals surface area contributed by atoms with E-state index in [-0.39, 0.29) is 5.76 Å². The van der Waals surface area contributed by atoms with E-state index in [2.05, 4.69) is 10.6 Å². The zero-order valence-corrected chi connectivity index (χ0v) is 13.9. The van der Waals surface area contributed by atoms with Gasteiger partial charge in [-0.05, 0) is 43.3 Å². The fourth-order valence-corrected chi connectivity index (χ4v) is 1.91. The predicted octanol–water partition coefficient (Wildman–Crippen LogP) is 0.679. The van der Waals surface area contributed by atoms with Crippen molar-refractivity contribution in [2.45, 2.75) is 13.0 Å². The Balaban J connectivity index is 1.77. The summed E-state index contributed by atoms with van der Waals surface area (Å²) in [5.41, 5.74) is 5.83. The number of primary amides is 1. The van der Waals surface area contributed by atoms with Crippen LogP contribution in [0.4, 0.5) is 5.69 Å². The number of hydrogen-bond acceptors (Lipinski definition) is 6. The highest BCUT2D eigenvalue weighted by atomic mass is 16.5. The number of nitrogens with two attached hydrogens (primary N) is 1. The highest BCUT2D eigenvalue weighted by molar-refractivity contribution is 5.96. The molecule has 0 aliphatic heterocycles. The van der Waals surface area contributed by atoms with Crippen LogP contribution >= 0.6 is 0 Å². The van der Waals surface area contributed by atoms with E-state index in [1.807, 2.05) is 0 Å². The molecule has 0 bridgehead atoms. The first-order valence-corrected chi connectivity index (χ1v) is 7.57. The fourth-order valence-electron chi connectivity index (χ4n) is 1.91. The SMILES string of the molecule is C[C@H](NC(=O)c1ccco1)C(=O)OCC(=O)Nc1ccc(C(N)=O)cc1. The molecule has 1 aromatic heterocycles. The van der Waals surface area contributed by atoms with E-state index in [9.17, 15) is 19.2 Å². The summed E-state index contributed by atoms with van der Waals surface area (Å²) in [5, 5.41) is 4.88. The molecule has 0 unspecified atom stereocenters. The molecule has 1 aromatic carbocycles. The minimum atomic E-state index is -0.963. The molecule has 9 nitrogen and oxygen atoms in total. The Kier molecular flexibility index (Phi) is 6.10. The maximum absolute atomic E-state index is 11.8. The quantitative estimate of drug-likeness (QED) is 0.621. The molecule has 0 spiro atoms. The summed E-state index contributed by atoms with van der Waals surface area (Å²) in [6.07, 6.45) is 1.33. The molecule has 0 fully saturated rings. The molecule has 3 amide bonds. The molecule has 1 heterocycles. The third-order valence-electron chi connectivity index (χ3n) is 3.24. The summed E-state index contributed by atoms with van der Waals surface area (Å²) in [5.74, 6) is -2.44. The van der Waals surface area contributed by atoms with Crippen LogP contribution in [0.3, 0.4) is 0 Å². The molecule has 136 valence electrons. The van der Waals surface area contributed by atoms with Gasteiger partial charge in [0.05, 0.1) is 6.26 Å². The van der Waals surface area contributed by atoms with Crippen LogP contribution in [-0.2, 0) is 14.3 Å². The van der Waals surface area contributed by atoms with Crippen molar-refractivity contribution >= 4 is 29.4 Å². The van der Waals surface area contributed by atoms with Crippen LogP contribution < -0.4 is 16.4 Å². The van der Waals surface area contributed by atoms with Gasteiger partial charge >= 0.3 is 5.97 Å². The zero-order valence-electron chi connectivity index (χ0n) is 13.9. The number of hydrogen-bond donors (Lipinski definition) is 3. The maximum Gasteiger partial charge on any atom is 0.328 e. The maximum atomic E-state index is 11.8. The van der Waals surface area contributed by atoms with Gasteiger partial charge in [0.1, 0.15) is 6.04 Å². The lowest BCUT2D eigenvalue weighted by molar-refractivity contribution is -0.148. The molecule has 0 saturated carbocycles. The van der Waals surface area contributed by atoms with E-state index < -0.39 is 36.3 Å². The molecule has 9 heteroatoms. The van der Waals surface area contributed by atoms with Crippen LogP contribution in [0.25, 0.3) is 0 Å². The van der Waals surface area contributed by atoms with Gasteiger partial charge in [-0.3, -0.25) is 14.4 Å². The average molecular weight is 359 g/mol. The number of carbonyl (C=O) groups is 4. The first kappa shape index (κ1) is 18.7. The highest BCUT2D eigenvalue weighted by Crippen LogP contribution is 2.09. The average Bonchev–Trinajstić information content (AvgIpc) is 3.14. The predicted molar refractivity (Wildman–Crippen MR) is 90.2 cm³/mol. The van der Waals surface area contributed by atoms with Gasteiger partial charge in [0.15, 0.2) is 12.4 Å². The second kappa shape index (κ2) is 8.47. The molecule has 2 rings (SSSR count). The van der Waals surface area contributed by atoms with Crippen molar-refractivity contribution in [1.29, 1.82) is 0 Å². The summed E-state index contributed by atoms with van der Waals surface area (Å²) in [6.45, 7) is 0.890. The lowest BCUT2D eigenvalue weighted by atomic mass is 10.2. The number of carbonyl (C=O) groups excluding carboxylic acids is 4. The van der Waals surface area contributed by atoms with Gasteiger partial charge < -0.3 is 25.5 Å². The molecule has 2 aromatic rings. The zero-order chi connectivity index (χ0) is 19.1. The molecule has 0 aliphatic carbocycles. The van der Waals surface area contributed by atoms with Crippen molar-refractivity contribution in [3.8, 4) is 0 Å². The van der Waals surface area contributed by atoms with Crippen molar-refractivity contribution in [1.82, 2.24) is 5.32 Å². The summed E-state index contributed by atoms with van der Waals surface area (Å²) >= 11 is 0. The van der Waals surface area contributed by atoms with Gasteiger partial charge in [-0.1, -0.05) is 0 Å². The molecule has 1 atom stereocenters. The Morgan fingerprint density at radius 2 is 1.85 bits per heavy atom. The lowest BCUT2D eigenvalue weighted by Gasteiger charge is -2.12. The molecule has 26 heavy (non-hydrogen) atoms. The Bertz CT molecular complexity index is 798. The van der Waals surface area contributed by atoms with Crippen LogP contribution in [0.15, 0.2) is 47.1 Å². The number of rotatable bonds is 7. The van der Waals surface area contributed by atoms with Crippen LogP contribution in [0.5, 0.6) is 0 Å². The van der Waals surface area contributed by atoms with E-state index in [1.165, 1.54) is 49.6 Å². The molecular weight excluding hydrogens is 342 g/mol. The minimum Gasteiger partial charge on any atom is -0.459 e. The van der Waals surface area contributed by atoms with Crippen molar-refractivity contribution in [2.75, 3.05) is 11.9 Å². The van der Waals surface area contributed by atoms with E-state index in [4.69, 9.17) is 14.9 Å². The molecular formula is C17H17N3O6. The largest absolute Gasteiger partial charge is 0.459 e. The normalized spacial score (nSPS) is 11.3. The van der Waals surface area contributed by atoms with Crippen LogP contribution in [0.1, 0.15) is 27.8 Å². The van der Waals surface area contributed by atoms with Crippen LogP contribution in [0.2, 0.25) is 0 Å². The third kappa shape index (κ3) is 5.20. The van der Waals surface area contributed by atoms with Crippen molar-refractivity contribution in [3.63, 3.8) is 0 Å². The standard InChI is InChI=1S/C17H17N3O6/c1-10(19-16(23)13-3-2-8-25-13)17(24)26-9-14(21)20-12-6-4-11(5-7-12)15(18)22/h2-8,10H,9H2,1H3,(H2,18,22)(H,19,23)(H,20,21)/t10-/m0/s1.